The van der Waals surface area contributed by atoms with Crippen LogP contribution in [0.4, 0.5) is 5.69 Å². The Balaban J connectivity index is 2.14. The lowest BCUT2D eigenvalue weighted by Gasteiger charge is -2.40. The van der Waals surface area contributed by atoms with Crippen LogP contribution in [0.2, 0.25) is 5.02 Å². The van der Waals surface area contributed by atoms with Gasteiger partial charge in [0.1, 0.15) is 0 Å². The van der Waals surface area contributed by atoms with Gasteiger partial charge in [-0.25, -0.2) is 10.0 Å². The average Bonchev–Trinajstić information content (AvgIpc) is 2.61. The van der Waals surface area contributed by atoms with Crippen molar-refractivity contribution >= 4 is 35.2 Å². The van der Waals surface area contributed by atoms with Gasteiger partial charge in [0.05, 0.1) is 11.4 Å². The largest absolute Gasteiger partial charge is 0.338 e. The van der Waals surface area contributed by atoms with Crippen molar-refractivity contribution in [1.29, 1.82) is 0 Å². The Labute approximate surface area is 155 Å². The molecule has 6 heteroatoms. The number of guanidine groups is 1. The van der Waals surface area contributed by atoms with Crippen molar-refractivity contribution in [3.8, 4) is 0 Å². The van der Waals surface area contributed by atoms with E-state index in [9.17, 15) is 0 Å². The molecular formula is C19H26ClN5. The lowest BCUT2D eigenvalue weighted by atomic mass is 10.0. The maximum absolute atomic E-state index is 6.27. The molecule has 0 bridgehead atoms. The number of piperazine rings is 1. The Hall–Kier alpha value is -1.85. The van der Waals surface area contributed by atoms with Crippen molar-refractivity contribution in [2.45, 2.75) is 27.2 Å². The molecule has 2 aliphatic rings. The molecule has 0 N–H and O–H groups in total. The number of benzene rings is 1. The molecule has 0 saturated carbocycles. The molecule has 0 spiro atoms. The Morgan fingerprint density at radius 1 is 1.28 bits per heavy atom. The molecule has 0 radical (unpaired) electrons. The molecule has 0 atom stereocenters. The number of hydrogen-bond acceptors (Lipinski definition) is 5. The maximum atomic E-state index is 6.27. The first-order chi connectivity index (χ1) is 12.0. The van der Waals surface area contributed by atoms with Gasteiger partial charge in [-0.05, 0) is 51.1 Å². The van der Waals surface area contributed by atoms with E-state index in [1.807, 2.05) is 36.3 Å². The lowest BCUT2D eigenvalue weighted by Crippen LogP contribution is -2.51. The minimum absolute atomic E-state index is 0.721. The molecule has 1 fully saturated rings. The van der Waals surface area contributed by atoms with E-state index in [-0.39, 0.29) is 0 Å². The van der Waals surface area contributed by atoms with Crippen LogP contribution >= 0.6 is 11.6 Å². The summed E-state index contributed by atoms with van der Waals surface area (Å²) in [5, 5.41) is 7.37. The third kappa shape index (κ3) is 3.58. The summed E-state index contributed by atoms with van der Waals surface area (Å²) in [5.41, 5.74) is 4.39. The van der Waals surface area contributed by atoms with E-state index < -0.39 is 0 Å². The van der Waals surface area contributed by atoms with E-state index in [0.29, 0.717) is 0 Å². The minimum atomic E-state index is 0.721. The van der Waals surface area contributed by atoms with Crippen molar-refractivity contribution in [1.82, 2.24) is 14.8 Å². The smallest absolute Gasteiger partial charge is 0.227 e. The average molecular weight is 360 g/mol. The number of aliphatic imine (C=N–C) groups is 1. The van der Waals surface area contributed by atoms with Crippen LogP contribution in [0.3, 0.4) is 0 Å². The molecule has 5 nitrogen and oxygen atoms in total. The number of rotatable bonds is 2. The van der Waals surface area contributed by atoms with E-state index in [1.165, 1.54) is 5.57 Å². The summed E-state index contributed by atoms with van der Waals surface area (Å²) in [6.45, 7) is 10.2. The van der Waals surface area contributed by atoms with E-state index >= 15 is 0 Å². The van der Waals surface area contributed by atoms with Gasteiger partial charge in [-0.1, -0.05) is 18.5 Å². The predicted molar refractivity (Wildman–Crippen MR) is 107 cm³/mol. The molecule has 0 unspecified atom stereocenters. The van der Waals surface area contributed by atoms with Crippen LogP contribution in [0.15, 0.2) is 33.9 Å². The molecule has 134 valence electrons. The molecule has 0 aliphatic carbocycles. The Bertz CT molecular complexity index is 729. The predicted octanol–water partition coefficient (Wildman–Crippen LogP) is 4.04. The fraction of sp³-hybridized carbons (Fsp3) is 0.474. The van der Waals surface area contributed by atoms with Gasteiger partial charge in [0.2, 0.25) is 5.96 Å². The maximum Gasteiger partial charge on any atom is 0.227 e. The molecule has 2 heterocycles. The number of hydrogen-bond donors (Lipinski definition) is 0. The van der Waals surface area contributed by atoms with Gasteiger partial charge in [0.15, 0.2) is 0 Å². The molecule has 3 rings (SSSR count). The summed E-state index contributed by atoms with van der Waals surface area (Å²) >= 11 is 6.27. The third-order valence-electron chi connectivity index (χ3n) is 4.79. The first kappa shape index (κ1) is 18.0. The van der Waals surface area contributed by atoms with Crippen LogP contribution in [-0.4, -0.2) is 60.2 Å². The zero-order chi connectivity index (χ0) is 18.0. The van der Waals surface area contributed by atoms with Gasteiger partial charge >= 0.3 is 0 Å². The summed E-state index contributed by atoms with van der Waals surface area (Å²) in [7, 11) is 2.16. The highest BCUT2D eigenvalue weighted by atomic mass is 35.5. The second kappa shape index (κ2) is 7.58. The van der Waals surface area contributed by atoms with Crippen LogP contribution in [0.1, 0.15) is 32.8 Å². The zero-order valence-electron chi connectivity index (χ0n) is 15.5. The number of fused-ring (bicyclic) bond motifs is 1. The second-order valence-electron chi connectivity index (χ2n) is 6.53. The quantitative estimate of drug-likeness (QED) is 0.747. The Kier molecular flexibility index (Phi) is 5.45. The number of halogens is 1. The van der Waals surface area contributed by atoms with Crippen LogP contribution in [0.5, 0.6) is 0 Å². The fourth-order valence-corrected chi connectivity index (χ4v) is 3.35. The van der Waals surface area contributed by atoms with E-state index in [0.717, 1.165) is 60.5 Å². The van der Waals surface area contributed by atoms with Gasteiger partial charge in [0.25, 0.3) is 0 Å². The Morgan fingerprint density at radius 2 is 2.00 bits per heavy atom. The Morgan fingerprint density at radius 3 is 2.64 bits per heavy atom. The van der Waals surface area contributed by atoms with Gasteiger partial charge in [-0.3, -0.25) is 0 Å². The standard InChI is InChI=1S/C19H26ClN5/c1-5-14(3)18-16-13-15(20)7-8-17(16)22-19(25(18)21-6-2)24-11-9-23(4)10-12-24/h6-8,13H,5,9-12H2,1-4H3/b18-14?,21-6-. The van der Waals surface area contributed by atoms with Crippen molar-refractivity contribution in [3.63, 3.8) is 0 Å². The molecule has 2 aliphatic heterocycles. The lowest BCUT2D eigenvalue weighted by molar-refractivity contribution is 0.204. The van der Waals surface area contributed by atoms with Gasteiger partial charge in [-0.15, -0.1) is 0 Å². The molecular weight excluding hydrogens is 334 g/mol. The molecule has 1 aromatic carbocycles. The number of likely N-dealkylation sites (N-methyl/N-ethyl adjacent to an activating group) is 1. The van der Waals surface area contributed by atoms with Crippen molar-refractivity contribution < 1.29 is 0 Å². The monoisotopic (exact) mass is 359 g/mol. The second-order valence-corrected chi connectivity index (χ2v) is 6.97. The van der Waals surface area contributed by atoms with E-state index in [1.54, 1.807) is 0 Å². The first-order valence-electron chi connectivity index (χ1n) is 8.85. The normalized spacial score (nSPS) is 20.8. The van der Waals surface area contributed by atoms with Gasteiger partial charge in [0, 0.05) is 43.0 Å². The fourth-order valence-electron chi connectivity index (χ4n) is 3.18. The molecule has 25 heavy (non-hydrogen) atoms. The third-order valence-corrected chi connectivity index (χ3v) is 5.02. The van der Waals surface area contributed by atoms with Crippen molar-refractivity contribution in [3.05, 3.63) is 34.4 Å². The molecule has 0 amide bonds. The van der Waals surface area contributed by atoms with Crippen LogP contribution in [0, 0.1) is 0 Å². The highest BCUT2D eigenvalue weighted by Gasteiger charge is 2.31. The van der Waals surface area contributed by atoms with Gasteiger partial charge < -0.3 is 9.80 Å². The highest BCUT2D eigenvalue weighted by Crippen LogP contribution is 2.39. The summed E-state index contributed by atoms with van der Waals surface area (Å²) < 4.78 is 0. The van der Waals surface area contributed by atoms with Crippen molar-refractivity contribution in [2.24, 2.45) is 10.1 Å². The summed E-state index contributed by atoms with van der Waals surface area (Å²) in [4.78, 5) is 9.61. The first-order valence-corrected chi connectivity index (χ1v) is 9.23. The van der Waals surface area contributed by atoms with Crippen LogP contribution in [0.25, 0.3) is 5.70 Å². The zero-order valence-corrected chi connectivity index (χ0v) is 16.2. The SMILES string of the molecule is C/C=N\N1C(N2CCN(C)CC2)=Nc2ccc(Cl)cc2C1=C(C)CC. The molecule has 0 aromatic heterocycles. The highest BCUT2D eigenvalue weighted by molar-refractivity contribution is 6.31. The number of nitrogens with zero attached hydrogens (tertiary/aromatic N) is 5. The van der Waals surface area contributed by atoms with E-state index in [2.05, 4.69) is 35.8 Å². The molecule has 1 saturated heterocycles. The number of hydrazone groups is 1. The topological polar surface area (TPSA) is 34.4 Å². The van der Waals surface area contributed by atoms with Crippen molar-refractivity contribution in [2.75, 3.05) is 33.2 Å². The van der Waals surface area contributed by atoms with E-state index in [4.69, 9.17) is 16.6 Å². The summed E-state index contributed by atoms with van der Waals surface area (Å²) in [6, 6.07) is 5.90. The number of allylic oxidation sites excluding steroid dienone is 1. The van der Waals surface area contributed by atoms with Crippen LogP contribution in [-0.2, 0) is 0 Å². The summed E-state index contributed by atoms with van der Waals surface area (Å²) in [6.07, 6.45) is 2.77. The van der Waals surface area contributed by atoms with Crippen LogP contribution < -0.4 is 0 Å². The van der Waals surface area contributed by atoms with Gasteiger partial charge in [-0.2, -0.15) is 5.10 Å². The molecule has 1 aromatic rings. The minimum Gasteiger partial charge on any atom is -0.338 e. The summed E-state index contributed by atoms with van der Waals surface area (Å²) in [5.74, 6) is 0.906.